The molecule has 2 aliphatic rings. The van der Waals surface area contributed by atoms with Crippen LogP contribution in [0.5, 0.6) is 0 Å². The summed E-state index contributed by atoms with van der Waals surface area (Å²) < 4.78 is 0. The molecule has 0 saturated carbocycles. The number of rotatable bonds is 2. The number of carbonyl (C=O) groups excluding carboxylic acids is 1. The van der Waals surface area contributed by atoms with Crippen LogP contribution in [0.2, 0.25) is 0 Å². The molecule has 1 amide bonds. The Bertz CT molecular complexity index is 509. The van der Waals surface area contributed by atoms with Crippen molar-refractivity contribution in [3.05, 3.63) is 15.6 Å². The molecule has 2 saturated heterocycles. The van der Waals surface area contributed by atoms with Crippen molar-refractivity contribution in [2.75, 3.05) is 26.7 Å². The largest absolute Gasteiger partial charge is 0.344 e. The summed E-state index contributed by atoms with van der Waals surface area (Å²) in [5.41, 5.74) is 1.08. The monoisotopic (exact) mass is 279 g/mol. The van der Waals surface area contributed by atoms with Crippen LogP contribution in [0.15, 0.2) is 0 Å². The molecule has 3 heterocycles. The van der Waals surface area contributed by atoms with E-state index < -0.39 is 0 Å². The second kappa shape index (κ2) is 4.56. The maximum absolute atomic E-state index is 12.1. The number of likely N-dealkylation sites (tertiary alicyclic amines) is 2. The molecule has 1 aromatic rings. The van der Waals surface area contributed by atoms with E-state index in [9.17, 15) is 4.79 Å². The number of piperidine rings is 1. The fourth-order valence-electron chi connectivity index (χ4n) is 3.50. The van der Waals surface area contributed by atoms with Crippen molar-refractivity contribution in [3.63, 3.8) is 0 Å². The van der Waals surface area contributed by atoms with E-state index >= 15 is 0 Å². The molecular formula is C14H21N3OS. The molecule has 1 spiro atoms. The fourth-order valence-corrected chi connectivity index (χ4v) is 4.48. The van der Waals surface area contributed by atoms with Gasteiger partial charge in [0.2, 0.25) is 5.91 Å². The van der Waals surface area contributed by atoms with Gasteiger partial charge in [-0.3, -0.25) is 9.69 Å². The van der Waals surface area contributed by atoms with Gasteiger partial charge in [-0.1, -0.05) is 0 Å². The number of amides is 1. The number of aromatic nitrogens is 1. The minimum absolute atomic E-state index is 0.0688. The summed E-state index contributed by atoms with van der Waals surface area (Å²) >= 11 is 1.79. The van der Waals surface area contributed by atoms with Gasteiger partial charge < -0.3 is 4.90 Å². The Morgan fingerprint density at radius 3 is 2.74 bits per heavy atom. The van der Waals surface area contributed by atoms with E-state index in [-0.39, 0.29) is 5.41 Å². The van der Waals surface area contributed by atoms with E-state index in [4.69, 9.17) is 0 Å². The third-order valence-corrected chi connectivity index (χ3v) is 5.42. The molecule has 5 heteroatoms. The first-order valence-electron chi connectivity index (χ1n) is 6.91. The predicted octanol–water partition coefficient (Wildman–Crippen LogP) is 1.81. The average molecular weight is 279 g/mol. The second-order valence-electron chi connectivity index (χ2n) is 6.00. The van der Waals surface area contributed by atoms with Crippen LogP contribution in [-0.4, -0.2) is 47.4 Å². The van der Waals surface area contributed by atoms with E-state index in [2.05, 4.69) is 23.7 Å². The molecule has 0 aliphatic carbocycles. The standard InChI is InChI=1S/C14H21N3OS/c1-10-12(19-11(2)15-10)7-17-6-4-5-14(9-17)8-16(3)13(14)18/h4-9H2,1-3H3. The van der Waals surface area contributed by atoms with Crippen molar-refractivity contribution >= 4 is 17.2 Å². The number of carbonyl (C=O) groups is 1. The van der Waals surface area contributed by atoms with E-state index in [0.29, 0.717) is 5.91 Å². The van der Waals surface area contributed by atoms with Crippen molar-refractivity contribution in [2.24, 2.45) is 5.41 Å². The van der Waals surface area contributed by atoms with E-state index in [1.165, 1.54) is 4.88 Å². The van der Waals surface area contributed by atoms with Crippen molar-refractivity contribution < 1.29 is 4.79 Å². The van der Waals surface area contributed by atoms with Gasteiger partial charge in [0.15, 0.2) is 0 Å². The van der Waals surface area contributed by atoms with E-state index in [1.807, 2.05) is 11.9 Å². The molecule has 1 aromatic heterocycles. The van der Waals surface area contributed by atoms with Gasteiger partial charge in [-0.05, 0) is 33.2 Å². The van der Waals surface area contributed by atoms with Gasteiger partial charge >= 0.3 is 0 Å². The highest BCUT2D eigenvalue weighted by atomic mass is 32.1. The first-order valence-corrected chi connectivity index (χ1v) is 7.73. The molecule has 1 unspecified atom stereocenters. The minimum atomic E-state index is -0.0688. The normalized spacial score (nSPS) is 27.9. The maximum atomic E-state index is 12.1. The summed E-state index contributed by atoms with van der Waals surface area (Å²) in [4.78, 5) is 22.2. The third kappa shape index (κ3) is 2.19. The van der Waals surface area contributed by atoms with Crippen LogP contribution in [-0.2, 0) is 11.3 Å². The predicted molar refractivity (Wildman–Crippen MR) is 76.2 cm³/mol. The van der Waals surface area contributed by atoms with Crippen LogP contribution in [0.4, 0.5) is 0 Å². The summed E-state index contributed by atoms with van der Waals surface area (Å²) in [6.07, 6.45) is 2.20. The molecule has 0 radical (unpaired) electrons. The van der Waals surface area contributed by atoms with Crippen molar-refractivity contribution in [2.45, 2.75) is 33.2 Å². The van der Waals surface area contributed by atoms with E-state index in [0.717, 1.165) is 49.7 Å². The number of aryl methyl sites for hydroxylation is 2. The van der Waals surface area contributed by atoms with Crippen molar-refractivity contribution in [3.8, 4) is 0 Å². The summed E-state index contributed by atoms with van der Waals surface area (Å²) in [7, 11) is 1.91. The maximum Gasteiger partial charge on any atom is 0.231 e. The van der Waals surface area contributed by atoms with Gasteiger partial charge in [0.25, 0.3) is 0 Å². The first-order chi connectivity index (χ1) is 9.00. The van der Waals surface area contributed by atoms with Gasteiger partial charge in [0.1, 0.15) is 0 Å². The molecule has 1 atom stereocenters. The Balaban J connectivity index is 1.69. The molecule has 4 nitrogen and oxygen atoms in total. The highest BCUT2D eigenvalue weighted by Gasteiger charge is 2.52. The summed E-state index contributed by atoms with van der Waals surface area (Å²) in [6.45, 7) is 8.06. The highest BCUT2D eigenvalue weighted by molar-refractivity contribution is 7.11. The number of hydrogen-bond donors (Lipinski definition) is 0. The van der Waals surface area contributed by atoms with Gasteiger partial charge in [-0.15, -0.1) is 11.3 Å². The summed E-state index contributed by atoms with van der Waals surface area (Å²) in [5.74, 6) is 0.342. The number of thiazole rings is 1. The molecule has 3 rings (SSSR count). The Hall–Kier alpha value is -0.940. The van der Waals surface area contributed by atoms with Gasteiger partial charge in [-0.2, -0.15) is 0 Å². The zero-order valence-electron chi connectivity index (χ0n) is 11.9. The molecule has 0 N–H and O–H groups in total. The van der Waals surface area contributed by atoms with Crippen molar-refractivity contribution in [1.29, 1.82) is 0 Å². The second-order valence-corrected chi connectivity index (χ2v) is 7.28. The highest BCUT2D eigenvalue weighted by Crippen LogP contribution is 2.40. The molecule has 104 valence electrons. The molecule has 19 heavy (non-hydrogen) atoms. The van der Waals surface area contributed by atoms with Crippen molar-refractivity contribution in [1.82, 2.24) is 14.8 Å². The zero-order chi connectivity index (χ0) is 13.6. The third-order valence-electron chi connectivity index (χ3n) is 4.36. The molecule has 2 aliphatic heterocycles. The lowest BCUT2D eigenvalue weighted by molar-refractivity contribution is -0.163. The van der Waals surface area contributed by atoms with Crippen LogP contribution >= 0.6 is 11.3 Å². The molecule has 0 aromatic carbocycles. The van der Waals surface area contributed by atoms with Crippen LogP contribution in [0, 0.1) is 19.3 Å². The number of hydrogen-bond acceptors (Lipinski definition) is 4. The van der Waals surface area contributed by atoms with Gasteiger partial charge in [0, 0.05) is 31.6 Å². The lowest BCUT2D eigenvalue weighted by Gasteiger charge is -2.52. The molecule has 0 bridgehead atoms. The Labute approximate surface area is 118 Å². The summed E-state index contributed by atoms with van der Waals surface area (Å²) in [5, 5.41) is 1.14. The quantitative estimate of drug-likeness (QED) is 0.775. The Morgan fingerprint density at radius 2 is 2.16 bits per heavy atom. The van der Waals surface area contributed by atoms with Crippen LogP contribution in [0.1, 0.15) is 28.4 Å². The van der Waals surface area contributed by atoms with Crippen LogP contribution in [0.3, 0.4) is 0 Å². The number of β-lactam (4-membered cyclic amide) rings is 1. The molecule has 2 fully saturated rings. The lowest BCUT2D eigenvalue weighted by atomic mass is 9.72. The van der Waals surface area contributed by atoms with E-state index in [1.54, 1.807) is 11.3 Å². The van der Waals surface area contributed by atoms with Gasteiger partial charge in [0.05, 0.1) is 16.1 Å². The summed E-state index contributed by atoms with van der Waals surface area (Å²) in [6, 6.07) is 0. The lowest BCUT2D eigenvalue weighted by Crippen LogP contribution is -2.65. The minimum Gasteiger partial charge on any atom is -0.344 e. The SMILES string of the molecule is Cc1nc(C)c(CN2CCCC3(C2)CN(C)C3=O)s1. The Morgan fingerprint density at radius 1 is 1.37 bits per heavy atom. The zero-order valence-corrected chi connectivity index (χ0v) is 12.7. The molecular weight excluding hydrogens is 258 g/mol. The first kappa shape index (κ1) is 13.1. The van der Waals surface area contributed by atoms with Crippen LogP contribution < -0.4 is 0 Å². The van der Waals surface area contributed by atoms with Crippen LogP contribution in [0.25, 0.3) is 0 Å². The Kier molecular flexibility index (Phi) is 3.14. The smallest absolute Gasteiger partial charge is 0.231 e. The topological polar surface area (TPSA) is 36.4 Å². The average Bonchev–Trinajstić information content (AvgIpc) is 2.68. The van der Waals surface area contributed by atoms with Gasteiger partial charge in [-0.25, -0.2) is 4.98 Å². The fraction of sp³-hybridized carbons (Fsp3) is 0.714. The number of nitrogens with zero attached hydrogens (tertiary/aromatic N) is 3.